The third kappa shape index (κ3) is 41.7. The number of hydrogen-bond acceptors (Lipinski definition) is 17. The number of hydrogen-bond donors (Lipinski definition) is 4. The number of carboxylic acids is 3. The number of aliphatic carboxylic acids is 3. The first kappa shape index (κ1) is 74.1. The number of nitrogens with one attached hydrogen (secondary N) is 1. The molecule has 0 fully saturated rings. The molecule has 23 heteroatoms. The summed E-state index contributed by atoms with van der Waals surface area (Å²) in [5.74, 6) is -4.90. The van der Waals surface area contributed by atoms with Gasteiger partial charge in [-0.05, 0) is 25.0 Å². The van der Waals surface area contributed by atoms with Crippen molar-refractivity contribution in [1.29, 1.82) is 0 Å². The zero-order valence-electron chi connectivity index (χ0n) is 47.7. The molecule has 0 saturated heterocycles. The first-order chi connectivity index (χ1) is 37.6. The predicted molar refractivity (Wildman–Crippen MR) is 294 cm³/mol. The third-order valence-corrected chi connectivity index (χ3v) is 14.4. The maximum absolute atomic E-state index is 12.9. The maximum Gasteiger partial charge on any atom is 3.00 e. The number of ether oxygens (including phenoxy) is 3. The number of nitrogens with zero attached hydrogens (tertiary/aromatic N) is 4. The summed E-state index contributed by atoms with van der Waals surface area (Å²) in [6.07, 6.45) is 29.2. The van der Waals surface area contributed by atoms with Crippen LogP contribution in [-0.4, -0.2) is 156 Å². The number of phosphoric acid groups is 1. The van der Waals surface area contributed by atoms with Gasteiger partial charge >= 0.3 is 69.8 Å². The van der Waals surface area contributed by atoms with Crippen molar-refractivity contribution in [3.05, 3.63) is 23.5 Å². The molecule has 2 rings (SSSR count). The number of carbonyl (C=O) groups is 6. The van der Waals surface area contributed by atoms with Gasteiger partial charge in [-0.1, -0.05) is 168 Å². The molecule has 4 N–H and O–H groups in total. The molecule has 0 spiro atoms. The van der Waals surface area contributed by atoms with Crippen molar-refractivity contribution >= 4 is 43.6 Å². The Labute approximate surface area is 503 Å². The number of fused-ring (bicyclic) bond motifs is 2. The fraction of sp³-hybridized carbons (Fsp3) is 0.804. The molecule has 2 atom stereocenters. The molecule has 0 aliphatic carbocycles. The first-order valence-corrected chi connectivity index (χ1v) is 30.7. The molecule has 1 unspecified atom stereocenters. The van der Waals surface area contributed by atoms with Crippen LogP contribution in [0.4, 0.5) is 0 Å². The Morgan fingerprint density at radius 2 is 1.03 bits per heavy atom. The van der Waals surface area contributed by atoms with Crippen molar-refractivity contribution in [2.24, 2.45) is 0 Å². The smallest absolute Gasteiger partial charge is 0.756 e. The van der Waals surface area contributed by atoms with E-state index in [0.717, 1.165) is 44.9 Å². The molecule has 21 nitrogen and oxygen atoms in total. The van der Waals surface area contributed by atoms with Crippen LogP contribution in [0.1, 0.15) is 205 Å². The zero-order chi connectivity index (χ0) is 57.1. The van der Waals surface area contributed by atoms with Crippen molar-refractivity contribution in [3.63, 3.8) is 0 Å². The second-order valence-corrected chi connectivity index (χ2v) is 22.0. The van der Waals surface area contributed by atoms with Gasteiger partial charge in [0.25, 0.3) is 13.7 Å². The van der Waals surface area contributed by atoms with E-state index in [2.05, 4.69) is 24.1 Å². The summed E-state index contributed by atoms with van der Waals surface area (Å²) in [7, 11) is -5.01. The minimum absolute atomic E-state index is 0. The number of carboxylic acid groups (broad SMARTS) is 3. The average Bonchev–Trinajstić information content (AvgIpc) is 3.40. The first-order valence-electron chi connectivity index (χ1n) is 29.2. The monoisotopic (exact) mass is 1280 g/mol. The summed E-state index contributed by atoms with van der Waals surface area (Å²) < 4.78 is 39.7. The van der Waals surface area contributed by atoms with Crippen LogP contribution in [0.2, 0.25) is 0 Å². The van der Waals surface area contributed by atoms with E-state index in [9.17, 15) is 53.5 Å². The number of esters is 2. The number of phosphoric ester groups is 1. The van der Waals surface area contributed by atoms with Gasteiger partial charge in [-0.25, -0.2) is 0 Å². The Morgan fingerprint density at radius 3 is 1.51 bits per heavy atom. The van der Waals surface area contributed by atoms with E-state index < -0.39 is 82.7 Å². The summed E-state index contributed by atoms with van der Waals surface area (Å²) in [6, 6.07) is 3.11. The van der Waals surface area contributed by atoms with Crippen LogP contribution in [0.5, 0.6) is 5.75 Å². The SMILES string of the molecule is CCCCCCCCCCCCCCCC(=O)OC[C@H](COP(=O)([O-])OCCNC(=O)COc1ccc2nc1CN(CC(=O)O)CCN(CC(=O)O)CCN(CC(=O)O)C2)OC(=O)CCCCCCCCCCCCCCC.[Gd+3]. The number of aromatic nitrogens is 1. The Morgan fingerprint density at radius 1 is 0.595 bits per heavy atom. The van der Waals surface area contributed by atoms with Crippen molar-refractivity contribution in [1.82, 2.24) is 25.0 Å². The quantitative estimate of drug-likeness (QED) is 0.0270. The molecule has 1 aromatic heterocycles. The number of rotatable bonds is 47. The van der Waals surface area contributed by atoms with Crippen molar-refractivity contribution < 1.29 is 117 Å². The summed E-state index contributed by atoms with van der Waals surface area (Å²) >= 11 is 0. The maximum atomic E-state index is 12.9. The van der Waals surface area contributed by atoms with Crippen LogP contribution < -0.4 is 14.9 Å². The molecular weight excluding hydrogens is 1190 g/mol. The molecule has 453 valence electrons. The number of unbranched alkanes of at least 4 members (excludes halogenated alkanes) is 24. The number of carbonyl (C=O) groups excluding carboxylic acids is 3. The Balaban J connectivity index is 0.0000312. The van der Waals surface area contributed by atoms with Crippen LogP contribution in [-0.2, 0) is 64.9 Å². The van der Waals surface area contributed by atoms with Crippen molar-refractivity contribution in [2.45, 2.75) is 213 Å². The molecule has 1 radical (unpaired) electrons. The van der Waals surface area contributed by atoms with Crippen LogP contribution >= 0.6 is 7.82 Å². The molecule has 0 aromatic carbocycles. The third-order valence-electron chi connectivity index (χ3n) is 13.4. The Hall–Kier alpha value is -2.92. The summed E-state index contributed by atoms with van der Waals surface area (Å²) in [5.41, 5.74) is 0.684. The summed E-state index contributed by atoms with van der Waals surface area (Å²) in [6.45, 7) is 1.63. The molecule has 1 aliphatic rings. The van der Waals surface area contributed by atoms with Gasteiger partial charge in [-0.3, -0.25) is 53.0 Å². The van der Waals surface area contributed by atoms with E-state index in [-0.39, 0.29) is 123 Å². The van der Waals surface area contributed by atoms with Gasteiger partial charge in [-0.15, -0.1) is 0 Å². The molecule has 0 saturated carbocycles. The van der Waals surface area contributed by atoms with E-state index in [1.807, 2.05) is 0 Å². The van der Waals surface area contributed by atoms with Crippen LogP contribution in [0.15, 0.2) is 12.1 Å². The van der Waals surface area contributed by atoms with Gasteiger partial charge in [0.15, 0.2) is 12.7 Å². The molecule has 1 aromatic rings. The van der Waals surface area contributed by atoms with Gasteiger partial charge in [0, 0.05) is 58.7 Å². The minimum atomic E-state index is -5.01. The average molecular weight is 1280 g/mol. The van der Waals surface area contributed by atoms with E-state index in [0.29, 0.717) is 18.5 Å². The van der Waals surface area contributed by atoms with Crippen LogP contribution in [0, 0.1) is 39.9 Å². The van der Waals surface area contributed by atoms with Gasteiger partial charge in [0.05, 0.1) is 44.2 Å². The largest absolute Gasteiger partial charge is 3.00 e. The Bertz CT molecular complexity index is 1890. The molecule has 2 heterocycles. The summed E-state index contributed by atoms with van der Waals surface area (Å²) in [5, 5.41) is 31.1. The topological polar surface area (TPSA) is 284 Å². The van der Waals surface area contributed by atoms with E-state index >= 15 is 0 Å². The van der Waals surface area contributed by atoms with Gasteiger partial charge in [0.2, 0.25) is 0 Å². The van der Waals surface area contributed by atoms with Gasteiger partial charge in [-0.2, -0.15) is 0 Å². The van der Waals surface area contributed by atoms with Crippen molar-refractivity contribution in [2.75, 3.05) is 78.8 Å². The molecule has 1 amide bonds. The summed E-state index contributed by atoms with van der Waals surface area (Å²) in [4.78, 5) is 95.7. The fourth-order valence-corrected chi connectivity index (χ4v) is 9.83. The number of pyridine rings is 1. The zero-order valence-corrected chi connectivity index (χ0v) is 50.8. The van der Waals surface area contributed by atoms with Gasteiger partial charge in [0.1, 0.15) is 12.4 Å². The Kier molecular flexibility index (Phi) is 44.6. The molecule has 79 heavy (non-hydrogen) atoms. The molecule has 1 aliphatic heterocycles. The van der Waals surface area contributed by atoms with Crippen LogP contribution in [0.25, 0.3) is 0 Å². The molecular formula is C56H97GdN5O16P+2. The number of amides is 1. The van der Waals surface area contributed by atoms with E-state index in [1.165, 1.54) is 120 Å². The standard InChI is InChI=1S/C56H98N5O16P.Gd/c1-3-5-7-9-11-13-15-17-19-21-23-25-27-29-55(69)74-44-48(77-56(70)30-28-26-24-22-20-18-16-14-12-10-8-6-4-2)45-76-78(71,72)75-38-33-57-51(62)46-73-50-32-31-47-39-60(42-53(65)66)36-34-59(41-52(63)64)35-37-61(43-54(67)68)40-49(50)58-47;/h31-32,48H,3-30,33-46H2,1-2H3,(H,57,62)(H,63,64)(H,65,66)(H,67,68)(H,71,72);/q;+3/p-1/t48-;/m1./s1. The molecule has 2 bridgehead atoms. The second kappa shape index (κ2) is 47.6. The van der Waals surface area contributed by atoms with E-state index in [4.69, 9.17) is 23.3 Å². The second-order valence-electron chi connectivity index (χ2n) is 20.6. The van der Waals surface area contributed by atoms with Crippen LogP contribution in [0.3, 0.4) is 0 Å². The van der Waals surface area contributed by atoms with E-state index in [1.54, 1.807) is 15.9 Å². The predicted octanol–water partition coefficient (Wildman–Crippen LogP) is 8.67. The van der Waals surface area contributed by atoms with Gasteiger partial charge < -0.3 is 48.8 Å². The minimum Gasteiger partial charge on any atom is -0.756 e. The normalized spacial score (nSPS) is 14.7. The fourth-order valence-electron chi connectivity index (χ4n) is 9.09. The van der Waals surface area contributed by atoms with Crippen molar-refractivity contribution in [3.8, 4) is 5.75 Å².